The van der Waals surface area contributed by atoms with E-state index in [9.17, 15) is 19.5 Å². The van der Waals surface area contributed by atoms with Gasteiger partial charge in [0, 0.05) is 50.9 Å². The summed E-state index contributed by atoms with van der Waals surface area (Å²) >= 11 is 3.26. The summed E-state index contributed by atoms with van der Waals surface area (Å²) in [6.07, 6.45) is 3.89. The zero-order valence-corrected chi connectivity index (χ0v) is 27.6. The Hall–Kier alpha value is -3.82. The number of benzene rings is 2. The second-order valence-corrected chi connectivity index (χ2v) is 14.9. The monoisotopic (exact) mass is 629 g/mol. The number of aromatic nitrogens is 2. The Morgan fingerprint density at radius 1 is 0.864 bits per heavy atom. The third kappa shape index (κ3) is 8.86. The molecule has 0 aliphatic carbocycles. The fourth-order valence-corrected chi connectivity index (χ4v) is 6.41. The van der Waals surface area contributed by atoms with Crippen LogP contribution in [0.15, 0.2) is 78.0 Å². The van der Waals surface area contributed by atoms with Crippen molar-refractivity contribution in [2.75, 3.05) is 0 Å². The molecular formula is C35H39N3O4S2. The Kier molecular flexibility index (Phi) is 10.8. The van der Waals surface area contributed by atoms with Crippen molar-refractivity contribution in [3.63, 3.8) is 0 Å². The molecule has 0 bridgehead atoms. The molecule has 1 amide bonds. The van der Waals surface area contributed by atoms with Gasteiger partial charge < -0.3 is 10.4 Å². The summed E-state index contributed by atoms with van der Waals surface area (Å²) < 4.78 is 0. The number of ketones is 1. The van der Waals surface area contributed by atoms with Gasteiger partial charge in [0.05, 0.1) is 4.88 Å². The van der Waals surface area contributed by atoms with Crippen LogP contribution in [0.4, 0.5) is 0 Å². The van der Waals surface area contributed by atoms with E-state index in [1.54, 1.807) is 0 Å². The van der Waals surface area contributed by atoms with Gasteiger partial charge >= 0.3 is 5.97 Å². The van der Waals surface area contributed by atoms with Crippen LogP contribution >= 0.6 is 23.1 Å². The van der Waals surface area contributed by atoms with Gasteiger partial charge in [-0.05, 0) is 54.2 Å². The molecule has 44 heavy (non-hydrogen) atoms. The van der Waals surface area contributed by atoms with Crippen molar-refractivity contribution < 1.29 is 19.5 Å². The molecular weight excluding hydrogens is 591 g/mol. The van der Waals surface area contributed by atoms with Gasteiger partial charge in [-0.3, -0.25) is 14.4 Å². The summed E-state index contributed by atoms with van der Waals surface area (Å²) in [5.41, 5.74) is 3.58. The van der Waals surface area contributed by atoms with Crippen molar-refractivity contribution in [1.29, 1.82) is 0 Å². The number of Topliss-reactive ketones (excluding diaryl/α,β-unsaturated/α-hetero) is 1. The molecule has 0 radical (unpaired) electrons. The number of rotatable bonds is 12. The van der Waals surface area contributed by atoms with Gasteiger partial charge in [0.15, 0.2) is 11.6 Å². The lowest BCUT2D eigenvalue weighted by atomic mass is 9.92. The number of nitrogens with one attached hydrogen (secondary N) is 1. The van der Waals surface area contributed by atoms with E-state index in [1.165, 1.54) is 23.2 Å². The Balaban J connectivity index is 1.47. The molecule has 2 aromatic heterocycles. The predicted molar refractivity (Wildman–Crippen MR) is 178 cm³/mol. The standard InChI is InChI=1S/C35H39N3O4S2/c1-21(2)43-28-13-11-24(12-14-28)27-19-36-32(37-20-27)25-9-7-23(8-10-25)17-26(33(40)38-22(3)34(41)42)18-29(39)30-15-16-31(44-30)35(4,5)6/h7-16,19-22,26H,17-18H2,1-6H3,(H,38,40)(H,41,42)/t22-,26-/m1/s1. The normalized spacial score (nSPS) is 13.0. The van der Waals surface area contributed by atoms with Gasteiger partial charge in [0.25, 0.3) is 0 Å². The molecule has 2 N–H and O–H groups in total. The molecule has 230 valence electrons. The molecule has 4 aromatic rings. The van der Waals surface area contributed by atoms with E-state index in [1.807, 2.05) is 60.6 Å². The van der Waals surface area contributed by atoms with E-state index in [-0.39, 0.29) is 24.0 Å². The summed E-state index contributed by atoms with van der Waals surface area (Å²) in [5.74, 6) is -1.86. The van der Waals surface area contributed by atoms with Crippen LogP contribution in [0.5, 0.6) is 0 Å². The Bertz CT molecular complexity index is 1590. The average molecular weight is 630 g/mol. The number of carboxylic acids is 1. The summed E-state index contributed by atoms with van der Waals surface area (Å²) in [6.45, 7) is 12.0. The highest BCUT2D eigenvalue weighted by Gasteiger charge is 2.27. The third-order valence-corrected chi connectivity index (χ3v) is 9.63. The minimum absolute atomic E-state index is 0.0221. The van der Waals surface area contributed by atoms with Crippen LogP contribution in [-0.4, -0.2) is 44.0 Å². The zero-order chi connectivity index (χ0) is 32.0. The first-order valence-corrected chi connectivity index (χ1v) is 16.3. The van der Waals surface area contributed by atoms with Crippen molar-refractivity contribution in [3.05, 3.63) is 88.4 Å². The fourth-order valence-electron chi connectivity index (χ4n) is 4.56. The molecule has 0 saturated carbocycles. The second kappa shape index (κ2) is 14.3. The van der Waals surface area contributed by atoms with Crippen LogP contribution in [0, 0.1) is 5.92 Å². The van der Waals surface area contributed by atoms with Crippen LogP contribution < -0.4 is 5.32 Å². The zero-order valence-electron chi connectivity index (χ0n) is 26.0. The third-order valence-electron chi connectivity index (χ3n) is 7.06. The quantitative estimate of drug-likeness (QED) is 0.122. The summed E-state index contributed by atoms with van der Waals surface area (Å²) in [7, 11) is 0. The molecule has 7 nitrogen and oxygen atoms in total. The van der Waals surface area contributed by atoms with E-state index in [2.05, 4.69) is 74.2 Å². The molecule has 2 aromatic carbocycles. The first kappa shape index (κ1) is 33.1. The maximum Gasteiger partial charge on any atom is 0.325 e. The smallest absolute Gasteiger partial charge is 0.325 e. The van der Waals surface area contributed by atoms with Gasteiger partial charge in [-0.15, -0.1) is 23.1 Å². The molecule has 0 spiro atoms. The van der Waals surface area contributed by atoms with E-state index in [0.29, 0.717) is 16.0 Å². The predicted octanol–water partition coefficient (Wildman–Crippen LogP) is 7.69. The number of carbonyl (C=O) groups excluding carboxylic acids is 2. The Morgan fingerprint density at radius 3 is 2.02 bits per heavy atom. The topological polar surface area (TPSA) is 109 Å². The minimum Gasteiger partial charge on any atom is -0.480 e. The largest absolute Gasteiger partial charge is 0.480 e. The molecule has 0 fully saturated rings. The van der Waals surface area contributed by atoms with Crippen LogP contribution in [0.25, 0.3) is 22.5 Å². The molecule has 0 unspecified atom stereocenters. The molecule has 4 rings (SSSR count). The lowest BCUT2D eigenvalue weighted by Crippen LogP contribution is -2.42. The second-order valence-electron chi connectivity index (χ2n) is 12.2. The number of nitrogens with zero attached hydrogens (tertiary/aromatic N) is 2. The van der Waals surface area contributed by atoms with Crippen LogP contribution in [0.3, 0.4) is 0 Å². The Morgan fingerprint density at radius 2 is 1.48 bits per heavy atom. The van der Waals surface area contributed by atoms with Crippen LogP contribution in [0.1, 0.15) is 68.1 Å². The first-order valence-electron chi connectivity index (χ1n) is 14.7. The first-order chi connectivity index (χ1) is 20.8. The maximum absolute atomic E-state index is 13.2. The van der Waals surface area contributed by atoms with Crippen molar-refractivity contribution >= 4 is 40.8 Å². The number of hydrogen-bond acceptors (Lipinski definition) is 7. The lowest BCUT2D eigenvalue weighted by molar-refractivity contribution is -0.141. The number of thiophene rings is 1. The van der Waals surface area contributed by atoms with Crippen molar-refractivity contribution in [2.45, 2.75) is 76.0 Å². The summed E-state index contributed by atoms with van der Waals surface area (Å²) in [5, 5.41) is 12.4. The van der Waals surface area contributed by atoms with Crippen molar-refractivity contribution in [3.8, 4) is 22.5 Å². The lowest BCUT2D eigenvalue weighted by Gasteiger charge is -2.18. The fraction of sp³-hybridized carbons (Fsp3) is 0.343. The van der Waals surface area contributed by atoms with E-state index >= 15 is 0 Å². The minimum atomic E-state index is -1.13. The highest BCUT2D eigenvalue weighted by molar-refractivity contribution is 7.99. The van der Waals surface area contributed by atoms with E-state index in [0.717, 1.165) is 27.1 Å². The SMILES string of the molecule is CC(C)Sc1ccc(-c2cnc(-c3ccc(C[C@H](CC(=O)c4ccc(C(C)(C)C)s4)C(=O)N[C@H](C)C(=O)O)cc3)nc2)cc1. The molecule has 9 heteroatoms. The highest BCUT2D eigenvalue weighted by atomic mass is 32.2. The van der Waals surface area contributed by atoms with Crippen LogP contribution in [0.2, 0.25) is 0 Å². The molecule has 0 aliphatic rings. The van der Waals surface area contributed by atoms with Gasteiger partial charge in [-0.2, -0.15) is 0 Å². The Labute approximate surface area is 267 Å². The molecule has 0 saturated heterocycles. The number of hydrogen-bond donors (Lipinski definition) is 2. The van der Waals surface area contributed by atoms with Gasteiger partial charge in [0.2, 0.25) is 5.91 Å². The highest BCUT2D eigenvalue weighted by Crippen LogP contribution is 2.31. The van der Waals surface area contributed by atoms with Crippen LogP contribution in [-0.2, 0) is 21.4 Å². The van der Waals surface area contributed by atoms with Gasteiger partial charge in [-0.25, -0.2) is 9.97 Å². The average Bonchev–Trinajstić information content (AvgIpc) is 3.49. The number of carbonyl (C=O) groups is 3. The molecule has 2 heterocycles. The molecule has 0 aliphatic heterocycles. The summed E-state index contributed by atoms with van der Waals surface area (Å²) in [4.78, 5) is 49.8. The van der Waals surface area contributed by atoms with Gasteiger partial charge in [-0.1, -0.05) is 71.0 Å². The number of aliphatic carboxylic acids is 1. The van der Waals surface area contributed by atoms with E-state index < -0.39 is 23.8 Å². The van der Waals surface area contributed by atoms with Crippen molar-refractivity contribution in [1.82, 2.24) is 15.3 Å². The maximum atomic E-state index is 13.2. The summed E-state index contributed by atoms with van der Waals surface area (Å²) in [6, 6.07) is 18.7. The molecule has 2 atom stereocenters. The van der Waals surface area contributed by atoms with Crippen molar-refractivity contribution in [2.24, 2.45) is 5.92 Å². The number of amides is 1. The van der Waals surface area contributed by atoms with E-state index in [4.69, 9.17) is 0 Å². The number of carboxylic acid groups (broad SMARTS) is 1. The van der Waals surface area contributed by atoms with Gasteiger partial charge in [0.1, 0.15) is 6.04 Å². The number of thioether (sulfide) groups is 1.